The highest BCUT2D eigenvalue weighted by molar-refractivity contribution is 9.10. The van der Waals surface area contributed by atoms with Crippen molar-refractivity contribution in [3.8, 4) is 34.4 Å². The van der Waals surface area contributed by atoms with E-state index in [2.05, 4.69) is 26.2 Å². The Morgan fingerprint density at radius 3 is 2.50 bits per heavy atom. The number of ether oxygens (including phenoxy) is 3. The first-order valence-electron chi connectivity index (χ1n) is 9.45. The molecule has 32 heavy (non-hydrogen) atoms. The quantitative estimate of drug-likeness (QED) is 0.509. The lowest BCUT2D eigenvalue weighted by molar-refractivity contribution is -0.118. The van der Waals surface area contributed by atoms with Gasteiger partial charge in [0.1, 0.15) is 17.4 Å². The van der Waals surface area contributed by atoms with Gasteiger partial charge in [0.25, 0.3) is 11.5 Å². The van der Waals surface area contributed by atoms with Crippen LogP contribution in [-0.4, -0.2) is 31.7 Å². The van der Waals surface area contributed by atoms with Gasteiger partial charge >= 0.3 is 0 Å². The summed E-state index contributed by atoms with van der Waals surface area (Å²) >= 11 is 3.47. The maximum absolute atomic E-state index is 12.4. The molecule has 0 aliphatic heterocycles. The summed E-state index contributed by atoms with van der Waals surface area (Å²) in [6.07, 6.45) is 0. The molecular weight excluding hydrogens is 478 g/mol. The highest BCUT2D eigenvalue weighted by atomic mass is 79.9. The van der Waals surface area contributed by atoms with Gasteiger partial charge in [-0.1, -0.05) is 28.1 Å². The number of pyridine rings is 1. The molecule has 3 aromatic rings. The Labute approximate surface area is 192 Å². The second-order valence-corrected chi connectivity index (χ2v) is 7.56. The number of aromatic amines is 1. The lowest BCUT2D eigenvalue weighted by Crippen LogP contribution is -2.20. The molecule has 2 N–H and O–H groups in total. The molecule has 2 aromatic carbocycles. The van der Waals surface area contributed by atoms with E-state index in [4.69, 9.17) is 14.2 Å². The van der Waals surface area contributed by atoms with Crippen molar-refractivity contribution in [2.24, 2.45) is 0 Å². The maximum atomic E-state index is 12.4. The summed E-state index contributed by atoms with van der Waals surface area (Å²) in [6, 6.07) is 14.0. The van der Waals surface area contributed by atoms with Crippen LogP contribution < -0.4 is 25.1 Å². The van der Waals surface area contributed by atoms with Gasteiger partial charge < -0.3 is 24.5 Å². The summed E-state index contributed by atoms with van der Waals surface area (Å²) in [5.74, 6) is 0.814. The van der Waals surface area contributed by atoms with Crippen LogP contribution in [-0.2, 0) is 4.79 Å². The van der Waals surface area contributed by atoms with Crippen molar-refractivity contribution in [3.63, 3.8) is 0 Å². The predicted molar refractivity (Wildman–Crippen MR) is 123 cm³/mol. The summed E-state index contributed by atoms with van der Waals surface area (Å²) < 4.78 is 16.9. The number of nitriles is 1. The minimum atomic E-state index is -0.471. The molecule has 0 saturated carbocycles. The molecule has 0 radical (unpaired) electrons. The number of para-hydroxylation sites is 2. The van der Waals surface area contributed by atoms with Crippen molar-refractivity contribution in [1.82, 2.24) is 4.98 Å². The molecular formula is C23H20BrN3O5. The smallest absolute Gasteiger partial charge is 0.266 e. The lowest BCUT2D eigenvalue weighted by atomic mass is 10.0. The van der Waals surface area contributed by atoms with Crippen LogP contribution in [0.5, 0.6) is 17.2 Å². The number of halogens is 1. The van der Waals surface area contributed by atoms with Crippen LogP contribution in [0.1, 0.15) is 11.3 Å². The zero-order chi connectivity index (χ0) is 23.3. The van der Waals surface area contributed by atoms with Gasteiger partial charge in [-0.2, -0.15) is 5.26 Å². The Kier molecular flexibility index (Phi) is 7.18. The number of benzene rings is 2. The van der Waals surface area contributed by atoms with Crippen molar-refractivity contribution in [3.05, 3.63) is 68.5 Å². The molecule has 0 bridgehead atoms. The fourth-order valence-corrected chi connectivity index (χ4v) is 3.64. The number of aromatic nitrogens is 1. The van der Waals surface area contributed by atoms with Crippen LogP contribution in [0.25, 0.3) is 11.1 Å². The summed E-state index contributed by atoms with van der Waals surface area (Å²) in [7, 11) is 2.98. The Bertz CT molecular complexity index is 1260. The van der Waals surface area contributed by atoms with Crippen LogP contribution in [0.2, 0.25) is 0 Å². The first-order valence-corrected chi connectivity index (χ1v) is 10.2. The topological polar surface area (TPSA) is 113 Å². The Morgan fingerprint density at radius 2 is 1.81 bits per heavy atom. The van der Waals surface area contributed by atoms with E-state index in [1.54, 1.807) is 49.4 Å². The van der Waals surface area contributed by atoms with E-state index >= 15 is 0 Å². The van der Waals surface area contributed by atoms with E-state index in [1.165, 1.54) is 14.2 Å². The number of hydrogen-bond donors (Lipinski definition) is 2. The number of amides is 1. The molecule has 164 valence electrons. The molecule has 0 aliphatic carbocycles. The number of carbonyl (C=O) groups is 1. The number of hydrogen-bond acceptors (Lipinski definition) is 6. The van der Waals surface area contributed by atoms with Gasteiger partial charge in [-0.05, 0) is 37.3 Å². The fraction of sp³-hybridized carbons (Fsp3) is 0.174. The van der Waals surface area contributed by atoms with Crippen molar-refractivity contribution in [1.29, 1.82) is 5.26 Å². The largest absolute Gasteiger partial charge is 0.495 e. The van der Waals surface area contributed by atoms with Gasteiger partial charge in [0.15, 0.2) is 18.1 Å². The molecule has 9 heteroatoms. The molecule has 0 aliphatic rings. The van der Waals surface area contributed by atoms with E-state index in [0.717, 1.165) is 0 Å². The van der Waals surface area contributed by atoms with E-state index < -0.39 is 5.56 Å². The number of methoxy groups -OCH3 is 2. The third-order valence-corrected chi connectivity index (χ3v) is 5.22. The average molecular weight is 498 g/mol. The molecule has 3 rings (SSSR count). The maximum Gasteiger partial charge on any atom is 0.266 e. The molecule has 1 aromatic heterocycles. The van der Waals surface area contributed by atoms with Crippen molar-refractivity contribution >= 4 is 27.5 Å². The van der Waals surface area contributed by atoms with E-state index in [1.807, 2.05) is 6.07 Å². The minimum Gasteiger partial charge on any atom is -0.495 e. The zero-order valence-electron chi connectivity index (χ0n) is 17.6. The van der Waals surface area contributed by atoms with Crippen LogP contribution in [0.15, 0.2) is 51.7 Å². The summed E-state index contributed by atoms with van der Waals surface area (Å²) in [6.45, 7) is 1.46. The average Bonchev–Trinajstić information content (AvgIpc) is 2.77. The van der Waals surface area contributed by atoms with E-state index in [0.29, 0.717) is 44.2 Å². The second-order valence-electron chi connectivity index (χ2n) is 6.70. The Balaban J connectivity index is 1.86. The standard InChI is InChI=1S/C23H20BrN3O5/c1-13-8-14(16(11-25)23(29)26-13)15-9-20(31-3)21(10-17(15)24)32-12-22(28)27-18-6-4-5-7-19(18)30-2/h4-10H,12H2,1-3H3,(H,26,29)(H,27,28). The van der Waals surface area contributed by atoms with Crippen LogP contribution in [0, 0.1) is 18.3 Å². The van der Waals surface area contributed by atoms with Crippen molar-refractivity contribution in [2.75, 3.05) is 26.1 Å². The first kappa shape index (κ1) is 22.9. The van der Waals surface area contributed by atoms with Gasteiger partial charge in [0, 0.05) is 21.3 Å². The van der Waals surface area contributed by atoms with E-state index in [-0.39, 0.29) is 18.1 Å². The number of H-pyrrole nitrogens is 1. The van der Waals surface area contributed by atoms with Gasteiger partial charge in [-0.25, -0.2) is 0 Å². The molecule has 8 nitrogen and oxygen atoms in total. The van der Waals surface area contributed by atoms with Crippen LogP contribution in [0.3, 0.4) is 0 Å². The second kappa shape index (κ2) is 10.0. The number of nitrogens with zero attached hydrogens (tertiary/aromatic N) is 1. The monoisotopic (exact) mass is 497 g/mol. The van der Waals surface area contributed by atoms with Gasteiger partial charge in [-0.15, -0.1) is 0 Å². The van der Waals surface area contributed by atoms with Gasteiger partial charge in [0.2, 0.25) is 0 Å². The SMILES string of the molecule is COc1ccccc1NC(=O)COc1cc(Br)c(-c2cc(C)[nH]c(=O)c2C#N)cc1OC. The van der Waals surface area contributed by atoms with Crippen LogP contribution in [0.4, 0.5) is 5.69 Å². The normalized spacial score (nSPS) is 10.2. The number of nitrogens with one attached hydrogen (secondary N) is 2. The minimum absolute atomic E-state index is 0.0109. The summed E-state index contributed by atoms with van der Waals surface area (Å²) in [4.78, 5) is 27.2. The number of anilines is 1. The van der Waals surface area contributed by atoms with Gasteiger partial charge in [-0.3, -0.25) is 9.59 Å². The van der Waals surface area contributed by atoms with E-state index in [9.17, 15) is 14.9 Å². The molecule has 0 spiro atoms. The third-order valence-electron chi connectivity index (χ3n) is 4.56. The zero-order valence-corrected chi connectivity index (χ0v) is 19.2. The fourth-order valence-electron chi connectivity index (χ4n) is 3.10. The van der Waals surface area contributed by atoms with Crippen molar-refractivity contribution in [2.45, 2.75) is 6.92 Å². The Hall–Kier alpha value is -3.77. The highest BCUT2D eigenvalue weighted by Crippen LogP contribution is 2.39. The predicted octanol–water partition coefficient (Wildman–Crippen LogP) is 4.02. The van der Waals surface area contributed by atoms with Gasteiger partial charge in [0.05, 0.1) is 19.9 Å². The lowest BCUT2D eigenvalue weighted by Gasteiger charge is -2.15. The summed E-state index contributed by atoms with van der Waals surface area (Å²) in [5, 5.41) is 12.2. The van der Waals surface area contributed by atoms with Crippen LogP contribution >= 0.6 is 15.9 Å². The molecule has 1 amide bonds. The summed E-state index contributed by atoms with van der Waals surface area (Å²) in [5.41, 5.74) is 1.70. The third kappa shape index (κ3) is 4.92. The molecule has 0 atom stereocenters. The number of carbonyl (C=O) groups excluding carboxylic acids is 1. The number of rotatable bonds is 7. The Morgan fingerprint density at radius 1 is 1.09 bits per heavy atom. The van der Waals surface area contributed by atoms with Crippen molar-refractivity contribution < 1.29 is 19.0 Å². The molecule has 0 saturated heterocycles. The molecule has 0 fully saturated rings. The first-order chi connectivity index (χ1) is 15.4. The molecule has 1 heterocycles. The molecule has 0 unspecified atom stereocenters. The highest BCUT2D eigenvalue weighted by Gasteiger charge is 2.18. The number of aryl methyl sites for hydroxylation is 1.